The molecule has 6 aliphatic heterocycles. The summed E-state index contributed by atoms with van der Waals surface area (Å²) in [5.41, 5.74) is 1.17. The Morgan fingerprint density at radius 3 is 1.40 bits per heavy atom. The lowest BCUT2D eigenvalue weighted by molar-refractivity contribution is -0.374. The summed E-state index contributed by atoms with van der Waals surface area (Å²) in [5.74, 6) is 0.470. The quantitative estimate of drug-likeness (QED) is 0.0197. The number of aromatic hydroxyl groups is 1. The number of H-pyrrole nitrogens is 1. The Bertz CT molecular complexity index is 3470. The third kappa shape index (κ3) is 22.7. The number of aromatic amines is 1. The van der Waals surface area contributed by atoms with Gasteiger partial charge in [0.2, 0.25) is 0 Å². The van der Waals surface area contributed by atoms with Crippen LogP contribution in [0.15, 0.2) is 64.6 Å². The van der Waals surface area contributed by atoms with Gasteiger partial charge in [0.15, 0.2) is 25.2 Å². The van der Waals surface area contributed by atoms with Gasteiger partial charge in [-0.2, -0.15) is 4.68 Å². The molecule has 42 nitrogen and oxygen atoms in total. The SMILES string of the molecule is CCc1ccc(O)c(-n2[nH]c(=O)n(-c3ccc(OCCOCCOCc4cn(CCCCCOC)cn4)cc3)c2=O)c1.CO[C@@H]1C(O)[C@H](O[C@@H]2C(O)[C@H](O[C@@H]3C(O)[C@H](C)OC(CO)[C@H]3O)OC(CO)[C@H]2O)OC(CO)[C@H]1O.C[C@@H]1OC(CO)[C@@H](O)[C@H](O[C@@H]2OC(CO)[C@@H](O)[C@H](O[C@@H]3OC(CO)[C@@H](O)[C@H](O)C3O)C2O)C1O. The van der Waals surface area contributed by atoms with E-state index in [4.69, 9.17) is 71.1 Å². The Labute approximate surface area is 635 Å². The number of aromatic nitrogens is 5. The average Bonchev–Trinajstić information content (AvgIpc) is 1.49. The number of imidazole rings is 1. The monoisotopic (exact) mass is 1600 g/mol. The lowest BCUT2D eigenvalue weighted by Gasteiger charge is -2.48. The molecular formula is C69H109N5O37. The fourth-order valence-electron chi connectivity index (χ4n) is 13.1. The number of phenolic OH excluding ortho intramolecular Hbond substituents is 1. The van der Waals surface area contributed by atoms with Gasteiger partial charge in [-0.05, 0) is 81.5 Å². The molecule has 8 heterocycles. The number of nitrogens with one attached hydrogen (secondary N) is 1. The molecule has 10 rings (SSSR count). The summed E-state index contributed by atoms with van der Waals surface area (Å²) < 4.78 is 85.5. The molecule has 0 spiro atoms. The van der Waals surface area contributed by atoms with Crippen molar-refractivity contribution >= 4 is 0 Å². The number of benzene rings is 2. The topological polar surface area (TPSA) is 621 Å². The van der Waals surface area contributed by atoms with Crippen LogP contribution in [-0.2, 0) is 85.9 Å². The molecule has 6 aliphatic rings. The van der Waals surface area contributed by atoms with Crippen LogP contribution in [0.4, 0.5) is 0 Å². The van der Waals surface area contributed by atoms with Crippen molar-refractivity contribution in [2.45, 2.75) is 243 Å². The van der Waals surface area contributed by atoms with E-state index in [-0.39, 0.29) is 11.4 Å². The van der Waals surface area contributed by atoms with Crippen LogP contribution >= 0.6 is 0 Å². The highest BCUT2D eigenvalue weighted by atomic mass is 16.8. The van der Waals surface area contributed by atoms with Crippen LogP contribution in [-0.4, -0.2) is 397 Å². The number of hydrogen-bond donors (Lipinski definition) is 21. The minimum atomic E-state index is -1.84. The highest BCUT2D eigenvalue weighted by molar-refractivity contribution is 5.48. The molecule has 6 fully saturated rings. The zero-order chi connectivity index (χ0) is 81.1. The number of aliphatic hydroxyl groups excluding tert-OH is 19. The maximum atomic E-state index is 13.0. The molecule has 0 radical (unpaired) electrons. The molecular weight excluding hydrogens is 1490 g/mol. The van der Waals surface area contributed by atoms with Crippen LogP contribution in [0.25, 0.3) is 11.4 Å². The van der Waals surface area contributed by atoms with Gasteiger partial charge in [0.25, 0.3) is 0 Å². The Balaban J connectivity index is 0.000000211. The van der Waals surface area contributed by atoms with Crippen molar-refractivity contribution in [1.82, 2.24) is 23.9 Å². The fraction of sp³-hybridized carbons (Fsp3) is 0.754. The second-order valence-corrected chi connectivity index (χ2v) is 27.2. The molecule has 30 atom stereocenters. The molecule has 2 aromatic carbocycles. The first-order valence-corrected chi connectivity index (χ1v) is 36.4. The molecule has 6 saturated heterocycles. The van der Waals surface area contributed by atoms with Gasteiger partial charge in [0.05, 0.1) is 96.0 Å². The van der Waals surface area contributed by atoms with Crippen molar-refractivity contribution in [1.29, 1.82) is 0 Å². The second-order valence-electron chi connectivity index (χ2n) is 27.2. The second kappa shape index (κ2) is 43.6. The third-order valence-corrected chi connectivity index (χ3v) is 19.6. The molecule has 632 valence electrons. The molecule has 12 unspecified atom stereocenters. The maximum absolute atomic E-state index is 13.0. The van der Waals surface area contributed by atoms with Crippen LogP contribution in [0.5, 0.6) is 11.5 Å². The summed E-state index contributed by atoms with van der Waals surface area (Å²) in [6, 6.07) is 11.5. The fourth-order valence-corrected chi connectivity index (χ4v) is 13.1. The Kier molecular flexibility index (Phi) is 35.8. The summed E-state index contributed by atoms with van der Waals surface area (Å²) in [6.07, 6.45) is -36.4. The molecule has 111 heavy (non-hydrogen) atoms. The number of methoxy groups -OCH3 is 2. The zero-order valence-electron chi connectivity index (χ0n) is 61.7. The number of aryl methyl sites for hydroxylation is 2. The highest BCUT2D eigenvalue weighted by Crippen LogP contribution is 2.36. The van der Waals surface area contributed by atoms with E-state index in [0.717, 1.165) is 59.3 Å². The van der Waals surface area contributed by atoms with Gasteiger partial charge in [0.1, 0.15) is 170 Å². The predicted octanol–water partition coefficient (Wildman–Crippen LogP) is -9.14. The third-order valence-electron chi connectivity index (χ3n) is 19.6. The van der Waals surface area contributed by atoms with Gasteiger partial charge >= 0.3 is 11.4 Å². The number of unbranched alkanes of at least 4 members (excludes halogenated alkanes) is 2. The standard InChI is InChI=1S/C30H39N5O7.C20H36O15.C19H34O15/c1-3-23-7-12-28(36)27(19-23)35-30(38)34(29(37)32-35)25-8-10-26(11-9-25)42-18-17-40-15-16-41-21-24-20-33(22-31-24)13-5-4-6-14-39-2;1-6-10(24)17(12(26)7(3-21)31-6)34-20-15(29)18(13(27)9(5-23)33-20)35-19-14(28)16(30-2)11(25)8(4-22)32-19;1-5-9(23)16(11(25)7(3-21)30-5)33-19-15(29)17(12(26)8(4-22)32-19)34-18-14(28)13(27)10(24)6(2-20)31-18/h7-12,19-20,22,36H,3-6,13-18,21H2,1-2H3,(H,32,37);6-29H,3-5H2,1-2H3;5-29H,2-4H2,1H3/t;6-,7?,8?,9?,10?,11+,12+,13+,14?,15?,16-,17+,18-,19-,20-;5-,6?,7?,8?,9?,10+,11+,12+,13-,14?,15?,16+,17-,18-,19-/m.00/s1. The van der Waals surface area contributed by atoms with E-state index >= 15 is 0 Å². The first-order valence-electron chi connectivity index (χ1n) is 36.4. The van der Waals surface area contributed by atoms with Gasteiger partial charge in [-0.3, -0.25) is 0 Å². The Hall–Kier alpha value is -5.33. The van der Waals surface area contributed by atoms with Crippen molar-refractivity contribution in [3.63, 3.8) is 0 Å². The molecule has 42 heteroatoms. The number of ether oxygens (including phenoxy) is 15. The summed E-state index contributed by atoms with van der Waals surface area (Å²) in [6.45, 7) is 4.62. The van der Waals surface area contributed by atoms with Crippen molar-refractivity contribution in [3.8, 4) is 22.9 Å². The van der Waals surface area contributed by atoms with E-state index in [1.165, 1.54) is 27.0 Å². The highest BCUT2D eigenvalue weighted by Gasteiger charge is 2.56. The van der Waals surface area contributed by atoms with Crippen molar-refractivity contribution in [2.75, 3.05) is 86.9 Å². The van der Waals surface area contributed by atoms with Crippen LogP contribution < -0.4 is 16.1 Å². The van der Waals surface area contributed by atoms with E-state index in [9.17, 15) is 112 Å². The van der Waals surface area contributed by atoms with Gasteiger partial charge in [-0.15, -0.1) is 0 Å². The van der Waals surface area contributed by atoms with Crippen molar-refractivity contribution in [3.05, 3.63) is 87.2 Å². The number of aliphatic hydroxyl groups is 19. The van der Waals surface area contributed by atoms with Crippen molar-refractivity contribution in [2.24, 2.45) is 0 Å². The molecule has 0 bridgehead atoms. The van der Waals surface area contributed by atoms with Gasteiger partial charge < -0.3 is 178 Å². The van der Waals surface area contributed by atoms with Gasteiger partial charge in [-0.25, -0.2) is 24.2 Å². The van der Waals surface area contributed by atoms with Crippen molar-refractivity contribution < 1.29 is 173 Å². The van der Waals surface area contributed by atoms with E-state index in [2.05, 4.69) is 14.6 Å². The number of hydrogen-bond acceptors (Lipinski definition) is 38. The normalized spacial score (nSPS) is 36.5. The van der Waals surface area contributed by atoms with E-state index < -0.39 is 235 Å². The summed E-state index contributed by atoms with van der Waals surface area (Å²) >= 11 is 0. The van der Waals surface area contributed by atoms with Crippen LogP contribution in [0.3, 0.4) is 0 Å². The molecule has 21 N–H and O–H groups in total. The van der Waals surface area contributed by atoms with Crippen LogP contribution in [0.1, 0.15) is 51.3 Å². The average molecular weight is 1600 g/mol. The zero-order valence-corrected chi connectivity index (χ0v) is 61.7. The molecule has 0 aliphatic carbocycles. The van der Waals surface area contributed by atoms with Gasteiger partial charge in [0, 0.05) is 33.6 Å². The van der Waals surface area contributed by atoms with E-state index in [1.54, 1.807) is 43.5 Å². The van der Waals surface area contributed by atoms with Crippen LogP contribution in [0.2, 0.25) is 0 Å². The smallest absolute Gasteiger partial charge is 0.356 e. The number of phenols is 1. The predicted molar refractivity (Wildman–Crippen MR) is 371 cm³/mol. The molecule has 0 saturated carbocycles. The molecule has 0 amide bonds. The summed E-state index contributed by atoms with van der Waals surface area (Å²) in [7, 11) is 2.93. The lowest BCUT2D eigenvalue weighted by atomic mass is 9.94. The Morgan fingerprint density at radius 2 is 0.919 bits per heavy atom. The minimum absolute atomic E-state index is 0.104. The van der Waals surface area contributed by atoms with Gasteiger partial charge in [-0.1, -0.05) is 13.0 Å². The lowest BCUT2D eigenvalue weighted by Crippen LogP contribution is -2.66. The molecule has 2 aromatic heterocycles. The van der Waals surface area contributed by atoms with Crippen LogP contribution in [0, 0.1) is 0 Å². The largest absolute Gasteiger partial charge is 0.506 e. The first-order chi connectivity index (χ1) is 53.1. The molecule has 4 aromatic rings. The van der Waals surface area contributed by atoms with E-state index in [1.807, 2.05) is 19.4 Å². The number of nitrogens with zero attached hydrogens (tertiary/aromatic N) is 4. The first kappa shape index (κ1) is 91.2. The number of rotatable bonds is 33. The Morgan fingerprint density at radius 1 is 0.477 bits per heavy atom. The summed E-state index contributed by atoms with van der Waals surface area (Å²) in [5, 5.41) is 205. The van der Waals surface area contributed by atoms with E-state index in [0.29, 0.717) is 44.5 Å². The maximum Gasteiger partial charge on any atom is 0.356 e. The minimum Gasteiger partial charge on any atom is -0.506 e. The summed E-state index contributed by atoms with van der Waals surface area (Å²) in [4.78, 5) is 30.0.